The van der Waals surface area contributed by atoms with Crippen molar-refractivity contribution in [1.82, 2.24) is 4.57 Å². The van der Waals surface area contributed by atoms with Crippen LogP contribution in [0.3, 0.4) is 0 Å². The maximum absolute atomic E-state index is 6.65. The van der Waals surface area contributed by atoms with Gasteiger partial charge >= 0.3 is 0 Å². The van der Waals surface area contributed by atoms with Crippen LogP contribution in [0.1, 0.15) is 37.8 Å². The Morgan fingerprint density at radius 3 is 2.49 bits per heavy atom. The van der Waals surface area contributed by atoms with E-state index in [2.05, 4.69) is 125 Å². The molecule has 3 heterocycles. The van der Waals surface area contributed by atoms with Crippen molar-refractivity contribution < 1.29 is 4.58 Å². The Balaban J connectivity index is 1.27. The zero-order valence-electron chi connectivity index (χ0n) is 25.4. The summed E-state index contributed by atoms with van der Waals surface area (Å²) in [5, 5.41) is 10.2. The van der Waals surface area contributed by atoms with Crippen molar-refractivity contribution in [3.63, 3.8) is 0 Å². The van der Waals surface area contributed by atoms with Gasteiger partial charge in [-0.15, -0.1) is 0 Å². The van der Waals surface area contributed by atoms with Gasteiger partial charge < -0.3 is 4.57 Å². The summed E-state index contributed by atoms with van der Waals surface area (Å²) in [4.78, 5) is 1.36. The Labute approximate surface area is 276 Å². The van der Waals surface area contributed by atoms with Crippen LogP contribution in [0.5, 0.6) is 0 Å². The molecule has 0 radical (unpaired) electrons. The Morgan fingerprint density at radius 2 is 1.67 bits per heavy atom. The molecule has 0 bridgehead atoms. The molecule has 4 aromatic carbocycles. The first-order chi connectivity index (χ1) is 22.1. The molecule has 0 amide bonds. The molecule has 0 N–H and O–H groups in total. The zero-order valence-corrected chi connectivity index (χ0v) is 27.7. The molecule has 0 spiro atoms. The highest BCUT2D eigenvalue weighted by atomic mass is 35.5. The molecule has 1 aromatic heterocycles. The second-order valence-electron chi connectivity index (χ2n) is 11.6. The van der Waals surface area contributed by atoms with Gasteiger partial charge in [0.05, 0.1) is 4.90 Å². The summed E-state index contributed by atoms with van der Waals surface area (Å²) < 4.78 is 4.87. The molecular weight excluding hydrogens is 611 g/mol. The number of aryl methyl sites for hydroxylation is 1. The van der Waals surface area contributed by atoms with Crippen molar-refractivity contribution in [3.8, 4) is 0 Å². The van der Waals surface area contributed by atoms with E-state index in [0.717, 1.165) is 41.4 Å². The summed E-state index contributed by atoms with van der Waals surface area (Å²) in [5.41, 5.74) is 9.06. The predicted octanol–water partition coefficient (Wildman–Crippen LogP) is 10.6. The van der Waals surface area contributed by atoms with Crippen molar-refractivity contribution in [2.45, 2.75) is 38.1 Å². The van der Waals surface area contributed by atoms with E-state index < -0.39 is 0 Å². The van der Waals surface area contributed by atoms with E-state index >= 15 is 0 Å². The van der Waals surface area contributed by atoms with Crippen LogP contribution in [0.25, 0.3) is 39.4 Å². The summed E-state index contributed by atoms with van der Waals surface area (Å²) in [6.07, 6.45) is 15.8. The lowest BCUT2D eigenvalue weighted by molar-refractivity contribution is -0.432. The Morgan fingerprint density at radius 1 is 0.844 bits per heavy atom. The lowest BCUT2D eigenvalue weighted by Gasteiger charge is -2.09. The molecule has 1 atom stereocenters. The number of allylic oxidation sites excluding steroid dienone is 6. The van der Waals surface area contributed by atoms with Crippen LogP contribution in [0.15, 0.2) is 113 Å². The molecular formula is C40H33Cl2N2S+. The molecule has 0 fully saturated rings. The van der Waals surface area contributed by atoms with E-state index in [1.807, 2.05) is 12.1 Å². The van der Waals surface area contributed by atoms with Crippen LogP contribution in [0.2, 0.25) is 10.0 Å². The molecule has 1 aliphatic carbocycles. The summed E-state index contributed by atoms with van der Waals surface area (Å²) >= 11 is 13.3. The minimum Gasteiger partial charge on any atom is -0.341 e. The van der Waals surface area contributed by atoms with Crippen LogP contribution in [-0.4, -0.2) is 26.1 Å². The predicted molar refractivity (Wildman–Crippen MR) is 198 cm³/mol. The van der Waals surface area contributed by atoms with Crippen LogP contribution >= 0.6 is 33.7 Å². The molecule has 8 rings (SSSR count). The SMILES string of the molecule is CCn1/c(=C/C=C2\CCC(/C=C/C3=[N+](CC)c4ccc(Cl)c5c4S3=CC=C5)=C2c2ccccc2)c2cccc3c(Cl)ccc1c32. The number of halogens is 2. The fourth-order valence-corrected chi connectivity index (χ4v) is 10.0. The van der Waals surface area contributed by atoms with E-state index in [0.29, 0.717) is 0 Å². The van der Waals surface area contributed by atoms with Gasteiger partial charge in [-0.3, -0.25) is 0 Å². The van der Waals surface area contributed by atoms with Crippen molar-refractivity contribution in [2.75, 3.05) is 6.54 Å². The second-order valence-corrected chi connectivity index (χ2v) is 14.2. The maximum atomic E-state index is 6.65. The van der Waals surface area contributed by atoms with Crippen LogP contribution in [0.4, 0.5) is 5.69 Å². The quantitative estimate of drug-likeness (QED) is 0.128. The Bertz CT molecular complexity index is 2290. The molecule has 2 aliphatic heterocycles. The van der Waals surface area contributed by atoms with E-state index in [4.69, 9.17) is 23.2 Å². The van der Waals surface area contributed by atoms with Crippen molar-refractivity contribution in [1.29, 1.82) is 0 Å². The zero-order chi connectivity index (χ0) is 30.7. The summed E-state index contributed by atoms with van der Waals surface area (Å²) in [5.74, 6) is 0. The molecule has 1 unspecified atom stereocenters. The van der Waals surface area contributed by atoms with Crippen LogP contribution in [-0.2, 0) is 6.54 Å². The second kappa shape index (κ2) is 11.5. The largest absolute Gasteiger partial charge is 0.341 e. The number of aromatic nitrogens is 1. The fourth-order valence-electron chi connectivity index (χ4n) is 7.32. The Kier molecular flexibility index (Phi) is 7.29. The number of benzene rings is 4. The molecule has 45 heavy (non-hydrogen) atoms. The first-order valence-electron chi connectivity index (χ1n) is 15.7. The van der Waals surface area contributed by atoms with Crippen molar-refractivity contribution >= 4 is 89.2 Å². The third-order valence-corrected chi connectivity index (χ3v) is 12.1. The topological polar surface area (TPSA) is 7.94 Å². The van der Waals surface area contributed by atoms with Gasteiger partial charge in [0, 0.05) is 61.3 Å². The average Bonchev–Trinajstić information content (AvgIpc) is 3.73. The van der Waals surface area contributed by atoms with E-state index in [-0.39, 0.29) is 10.5 Å². The van der Waals surface area contributed by atoms with Gasteiger partial charge in [0.25, 0.3) is 0 Å². The van der Waals surface area contributed by atoms with Crippen LogP contribution in [0, 0.1) is 0 Å². The first kappa shape index (κ1) is 28.6. The van der Waals surface area contributed by atoms with Crippen molar-refractivity contribution in [3.05, 3.63) is 135 Å². The van der Waals surface area contributed by atoms with E-state index in [1.54, 1.807) is 0 Å². The number of hydrogen-bond donors (Lipinski definition) is 0. The third-order valence-electron chi connectivity index (χ3n) is 9.29. The summed E-state index contributed by atoms with van der Waals surface area (Å²) in [7, 11) is -0.123. The summed E-state index contributed by atoms with van der Waals surface area (Å²) in [6, 6.07) is 25.8. The van der Waals surface area contributed by atoms with Gasteiger partial charge in [-0.25, -0.2) is 0 Å². The number of rotatable bonds is 6. The third kappa shape index (κ3) is 4.55. The van der Waals surface area contributed by atoms with Gasteiger partial charge in [-0.05, 0) is 78.6 Å². The maximum Gasteiger partial charge on any atom is 0.239 e. The van der Waals surface area contributed by atoms with Gasteiger partial charge in [-0.2, -0.15) is 4.58 Å². The fraction of sp³-hybridized carbons (Fsp3) is 0.150. The highest BCUT2D eigenvalue weighted by molar-refractivity contribution is 8.28. The first-order valence-corrected chi connectivity index (χ1v) is 17.7. The van der Waals surface area contributed by atoms with E-state index in [1.165, 1.54) is 65.1 Å². The molecule has 0 saturated heterocycles. The molecule has 2 nitrogen and oxygen atoms in total. The van der Waals surface area contributed by atoms with Gasteiger partial charge in [0.15, 0.2) is 0 Å². The minimum atomic E-state index is -0.123. The lowest BCUT2D eigenvalue weighted by atomic mass is 9.97. The van der Waals surface area contributed by atoms with Crippen LogP contribution < -0.4 is 5.35 Å². The average molecular weight is 645 g/mol. The summed E-state index contributed by atoms with van der Waals surface area (Å²) in [6.45, 7) is 6.27. The normalized spacial score (nSPS) is 18.9. The Hall–Kier alpha value is -3.89. The smallest absolute Gasteiger partial charge is 0.239 e. The highest BCUT2D eigenvalue weighted by Crippen LogP contribution is 2.49. The molecule has 3 aliphatic rings. The minimum absolute atomic E-state index is 0.123. The molecule has 5 aromatic rings. The standard InChI is InChI=1S/C40H33Cl2N2S/c1-3-43-34(31-13-8-12-29-32(41)19-22-35(43)39(29)31)21-17-27-15-16-28(38(27)26-10-6-5-7-11-26)18-24-37-44(4-2)36-23-20-33(42)30-14-9-25-45(37)40(30)36/h5-14,17-25H,3-4,15-16H2,1-2H3/q+1. The van der Waals surface area contributed by atoms with Gasteiger partial charge in [0.2, 0.25) is 10.7 Å². The molecule has 222 valence electrons. The number of nitrogens with zero attached hydrogens (tertiary/aromatic N) is 2. The molecule has 0 saturated carbocycles. The van der Waals surface area contributed by atoms with Gasteiger partial charge in [0.1, 0.15) is 6.54 Å². The molecule has 5 heteroatoms. The van der Waals surface area contributed by atoms with Crippen molar-refractivity contribution in [2.24, 2.45) is 0 Å². The van der Waals surface area contributed by atoms with E-state index in [9.17, 15) is 0 Å². The van der Waals surface area contributed by atoms with Gasteiger partial charge in [-0.1, -0.05) is 107 Å². The lowest BCUT2D eigenvalue weighted by Crippen LogP contribution is -2.14. The highest BCUT2D eigenvalue weighted by Gasteiger charge is 2.35. The number of hydrogen-bond acceptors (Lipinski definition) is 0. The monoisotopic (exact) mass is 643 g/mol.